The number of alkyl halides is 7. The smallest absolute Gasteiger partial charge is 0.343 e. The van der Waals surface area contributed by atoms with E-state index in [-0.39, 0.29) is 102 Å². The molecule has 7 fully saturated rings. The first kappa shape index (κ1) is 87.7. The highest BCUT2D eigenvalue weighted by molar-refractivity contribution is 6.21. The molecule has 31 heteroatoms. The summed E-state index contributed by atoms with van der Waals surface area (Å²) in [7, 11) is 9.61. The normalized spacial score (nSPS) is 31.9. The molecule has 606 valence electrons. The first-order valence-corrected chi connectivity index (χ1v) is 39.8. The predicted molar refractivity (Wildman–Crippen MR) is 389 cm³/mol. The lowest BCUT2D eigenvalue weighted by atomic mass is 9.78. The fraction of sp³-hybridized carbons (Fsp3) is 0.842. The molecule has 3 unspecified atom stereocenters. The van der Waals surface area contributed by atoms with Crippen molar-refractivity contribution in [3.63, 3.8) is 0 Å². The minimum atomic E-state index is -4.56. The molecule has 0 radical (unpaired) electrons. The van der Waals surface area contributed by atoms with Gasteiger partial charge in [-0.25, -0.2) is 0 Å². The molecule has 3 aliphatic heterocycles. The van der Waals surface area contributed by atoms with Crippen molar-refractivity contribution in [2.75, 3.05) is 75.5 Å². The summed E-state index contributed by atoms with van der Waals surface area (Å²) < 4.78 is 84.6. The SMILES string of the molecule is CC[C@H](C)[C@@H]1NC(=O)[C@H](C)N(C)C(=O)C[C@@H](C(=O)N2CCCCC2)N(C)C(=O)[C@H]([C@@H](C)CC)N(C)C(=O)C2(CCCC2)NC(=O)[C@@H](CC2CCCCC2)N(C)C(=O)[C@H](CCC2CCC(C(F)(F)F)C(Cl)C2)NC(=O)CN(C)C(=O)[C@H](CC2CCC(C(F)(F)F)CC2)N(C)C(=O)[C@@H]2CCN2C(=O)[C@H](C)N(C)C1=O. The molecule has 107 heavy (non-hydrogen) atoms. The van der Waals surface area contributed by atoms with E-state index in [1.807, 2.05) is 6.92 Å². The molecule has 7 rings (SSSR count). The van der Waals surface area contributed by atoms with Crippen LogP contribution < -0.4 is 16.0 Å². The van der Waals surface area contributed by atoms with E-state index in [1.54, 1.807) is 25.7 Å². The zero-order valence-corrected chi connectivity index (χ0v) is 66.1. The van der Waals surface area contributed by atoms with Gasteiger partial charge in [0.2, 0.25) is 70.9 Å². The van der Waals surface area contributed by atoms with Gasteiger partial charge < -0.3 is 60.0 Å². The topological polar surface area (TPSA) is 270 Å². The van der Waals surface area contributed by atoms with Crippen LogP contribution in [0.4, 0.5) is 26.3 Å². The van der Waals surface area contributed by atoms with Gasteiger partial charge in [0.25, 0.3) is 0 Å². The number of rotatable bonds is 12. The minimum absolute atomic E-state index is 0.0464. The molecule has 0 aromatic heterocycles. The fourth-order valence-corrected chi connectivity index (χ4v) is 17.9. The van der Waals surface area contributed by atoms with Crippen LogP contribution in [0.2, 0.25) is 0 Å². The number of hydrogen-bond donors (Lipinski definition) is 3. The second kappa shape index (κ2) is 38.0. The third-order valence-corrected chi connectivity index (χ3v) is 25.9. The fourth-order valence-electron chi connectivity index (χ4n) is 17.3. The number of nitrogens with one attached hydrogen (secondary N) is 3. The standard InChI is InChI=1S/C76H121ClF6N12O12/c1-14-45(3)62-71(105)89(9)48(6)66(100)95-39-34-56(95)69(103)91(11)58(42-51-26-30-52(31-27-51)75(78,79)80)68(102)87(7)44-60(96)84-55(33-29-50-28-32-53(54(77)40-50)76(81,82)83)67(101)90(10)57(41-49-24-18-16-19-25-49)65(99)86-74(35-20-21-36-74)73(107)93(13)63(46(4)15-2)72(106)92(12)59(70(104)94-37-22-17-23-38-94)43-61(97)88(8)47(5)64(98)85-62/h45-59,62-63H,14-44H2,1-13H3,(H,84,96)(H,85,98)(H,86,99)/t45-,46-,47-,48-,50?,51?,52?,53?,54?,55-,56-,57+,58-,59-,62-,63-/m0/s1. The Hall–Kier alpha value is -6.49. The maximum absolute atomic E-state index is 15.8. The van der Waals surface area contributed by atoms with E-state index in [0.29, 0.717) is 64.5 Å². The molecule has 3 saturated heterocycles. The van der Waals surface area contributed by atoms with Crippen molar-refractivity contribution in [2.24, 2.45) is 41.4 Å². The molecule has 4 aliphatic carbocycles. The lowest BCUT2D eigenvalue weighted by Gasteiger charge is -2.45. The van der Waals surface area contributed by atoms with Crippen molar-refractivity contribution < 1.29 is 83.9 Å². The van der Waals surface area contributed by atoms with Gasteiger partial charge in [0.15, 0.2) is 0 Å². The van der Waals surface area contributed by atoms with Crippen LogP contribution in [-0.2, 0) is 57.5 Å². The van der Waals surface area contributed by atoms with E-state index in [1.165, 1.54) is 82.8 Å². The summed E-state index contributed by atoms with van der Waals surface area (Å²) in [5.74, 6) is -14.0. The molecule has 3 N–H and O–H groups in total. The van der Waals surface area contributed by atoms with Crippen molar-refractivity contribution in [1.82, 2.24) is 60.0 Å². The van der Waals surface area contributed by atoms with Crippen LogP contribution in [-0.4, -0.2) is 268 Å². The van der Waals surface area contributed by atoms with Gasteiger partial charge in [-0.05, 0) is 153 Å². The van der Waals surface area contributed by atoms with Crippen molar-refractivity contribution in [3.05, 3.63) is 0 Å². The van der Waals surface area contributed by atoms with E-state index in [2.05, 4.69) is 16.0 Å². The zero-order valence-electron chi connectivity index (χ0n) is 65.3. The quantitative estimate of drug-likeness (QED) is 0.124. The van der Waals surface area contributed by atoms with Gasteiger partial charge in [0, 0.05) is 74.3 Å². The van der Waals surface area contributed by atoms with Crippen LogP contribution >= 0.6 is 11.6 Å². The van der Waals surface area contributed by atoms with Crippen molar-refractivity contribution in [2.45, 2.75) is 293 Å². The summed E-state index contributed by atoms with van der Waals surface area (Å²) in [6.45, 7) is 10.00. The first-order chi connectivity index (χ1) is 50.2. The number of halogens is 7. The second-order valence-electron chi connectivity index (χ2n) is 32.5. The Kier molecular flexibility index (Phi) is 31.1. The number of hydrogen-bond acceptors (Lipinski definition) is 12. The van der Waals surface area contributed by atoms with Crippen LogP contribution in [0.5, 0.6) is 0 Å². The van der Waals surface area contributed by atoms with Gasteiger partial charge in [-0.15, -0.1) is 11.6 Å². The maximum atomic E-state index is 15.8. The van der Waals surface area contributed by atoms with Gasteiger partial charge >= 0.3 is 12.4 Å². The zero-order chi connectivity index (χ0) is 79.5. The molecule has 24 nitrogen and oxygen atoms in total. The number of carbonyl (C=O) groups is 12. The minimum Gasteiger partial charge on any atom is -0.343 e. The van der Waals surface area contributed by atoms with Crippen molar-refractivity contribution in [1.29, 1.82) is 0 Å². The average molecular weight is 1540 g/mol. The molecule has 14 atom stereocenters. The first-order valence-electron chi connectivity index (χ1n) is 39.3. The molecule has 4 saturated carbocycles. The van der Waals surface area contributed by atoms with Crippen LogP contribution in [0.15, 0.2) is 0 Å². The number of nitrogens with zero attached hydrogens (tertiary/aromatic N) is 9. The predicted octanol–water partition coefficient (Wildman–Crippen LogP) is 8.05. The molecule has 0 aromatic rings. The van der Waals surface area contributed by atoms with E-state index < -0.39 is 197 Å². The second-order valence-corrected chi connectivity index (χ2v) is 33.1. The lowest BCUT2D eigenvalue weighted by molar-refractivity contribution is -0.184. The van der Waals surface area contributed by atoms with Crippen LogP contribution in [0.3, 0.4) is 0 Å². The number of fused-ring (bicyclic) bond motifs is 1. The van der Waals surface area contributed by atoms with E-state index in [4.69, 9.17) is 11.6 Å². The Morgan fingerprint density at radius 3 is 1.67 bits per heavy atom. The number of carbonyl (C=O) groups excluding carboxylic acids is 12. The third kappa shape index (κ3) is 21.4. The van der Waals surface area contributed by atoms with Crippen LogP contribution in [0.1, 0.15) is 215 Å². The van der Waals surface area contributed by atoms with E-state index >= 15 is 24.0 Å². The molecule has 0 aromatic carbocycles. The molecule has 7 aliphatic rings. The van der Waals surface area contributed by atoms with Gasteiger partial charge in [-0.2, -0.15) is 26.3 Å². The molecular formula is C76H121ClF6N12O12. The highest BCUT2D eigenvalue weighted by atomic mass is 35.5. The van der Waals surface area contributed by atoms with Gasteiger partial charge in [0.1, 0.15) is 59.9 Å². The van der Waals surface area contributed by atoms with Crippen molar-refractivity contribution in [3.8, 4) is 0 Å². The summed E-state index contributed by atoms with van der Waals surface area (Å²) >= 11 is 6.44. The summed E-state index contributed by atoms with van der Waals surface area (Å²) in [6.07, 6.45) is -2.14. The van der Waals surface area contributed by atoms with E-state index in [0.717, 1.165) is 45.3 Å². The number of likely N-dealkylation sites (tertiary alicyclic amines) is 1. The van der Waals surface area contributed by atoms with Gasteiger partial charge in [0.05, 0.1) is 24.8 Å². The van der Waals surface area contributed by atoms with Gasteiger partial charge in [-0.1, -0.05) is 85.5 Å². The number of piperidine rings is 1. The Morgan fingerprint density at radius 1 is 0.542 bits per heavy atom. The molecule has 0 bridgehead atoms. The number of likely N-dealkylation sites (N-methyl/N-ethyl adjacent to an activating group) is 7. The van der Waals surface area contributed by atoms with Crippen LogP contribution in [0.25, 0.3) is 0 Å². The maximum Gasteiger partial charge on any atom is 0.393 e. The monoisotopic (exact) mass is 1540 g/mol. The third-order valence-electron chi connectivity index (χ3n) is 25.5. The summed E-state index contributed by atoms with van der Waals surface area (Å²) in [5, 5.41) is 7.43. The Bertz CT molecular complexity index is 3140. The highest BCUT2D eigenvalue weighted by Gasteiger charge is 2.53. The molecule has 1 spiro atoms. The molecule has 12 amide bonds. The average Bonchev–Trinajstić information content (AvgIpc) is 1.72. The van der Waals surface area contributed by atoms with Crippen molar-refractivity contribution >= 4 is 82.5 Å². The van der Waals surface area contributed by atoms with E-state index in [9.17, 15) is 59.9 Å². The lowest BCUT2D eigenvalue weighted by Crippen LogP contribution is -2.65. The summed E-state index contributed by atoms with van der Waals surface area (Å²) in [5.41, 5.74) is -1.64. The largest absolute Gasteiger partial charge is 0.393 e. The highest BCUT2D eigenvalue weighted by Crippen LogP contribution is 2.45. The van der Waals surface area contributed by atoms with Crippen LogP contribution in [0, 0.1) is 41.4 Å². The summed E-state index contributed by atoms with van der Waals surface area (Å²) in [4.78, 5) is 192. The van der Waals surface area contributed by atoms with Gasteiger partial charge in [-0.3, -0.25) is 57.5 Å². The Labute approximate surface area is 633 Å². The molecule has 3 heterocycles. The number of amides is 12. The Morgan fingerprint density at radius 2 is 1.11 bits per heavy atom. The summed E-state index contributed by atoms with van der Waals surface area (Å²) in [6, 6.07) is -11.9. The Balaban J connectivity index is 1.31. The molecular weight excluding hydrogens is 1420 g/mol.